The lowest BCUT2D eigenvalue weighted by atomic mass is 10.1. The van der Waals surface area contributed by atoms with Crippen molar-refractivity contribution in [2.45, 2.75) is 13.0 Å². The monoisotopic (exact) mass is 351 g/mol. The SMILES string of the molecule is C[C@@H](NC(=O)COc1ccc(F)cc1)c1ccccc1Br. The average molecular weight is 352 g/mol. The molecule has 2 aromatic carbocycles. The maximum atomic E-state index is 12.7. The van der Waals surface area contributed by atoms with E-state index >= 15 is 0 Å². The number of carbonyl (C=O) groups is 1. The summed E-state index contributed by atoms with van der Waals surface area (Å²) in [6, 6.07) is 13.1. The van der Waals surface area contributed by atoms with E-state index in [1.54, 1.807) is 0 Å². The van der Waals surface area contributed by atoms with Crippen LogP contribution >= 0.6 is 15.9 Å². The molecule has 0 heterocycles. The van der Waals surface area contributed by atoms with E-state index in [-0.39, 0.29) is 24.4 Å². The van der Waals surface area contributed by atoms with Crippen molar-refractivity contribution < 1.29 is 13.9 Å². The number of ether oxygens (including phenoxy) is 1. The minimum Gasteiger partial charge on any atom is -0.484 e. The Morgan fingerprint density at radius 3 is 2.57 bits per heavy atom. The Kier molecular flexibility index (Phi) is 5.33. The van der Waals surface area contributed by atoms with Gasteiger partial charge in [0.25, 0.3) is 5.91 Å². The predicted molar refractivity (Wildman–Crippen MR) is 82.6 cm³/mol. The molecule has 0 aliphatic heterocycles. The summed E-state index contributed by atoms with van der Waals surface area (Å²) < 4.78 is 19.0. The Morgan fingerprint density at radius 1 is 1.24 bits per heavy atom. The van der Waals surface area contributed by atoms with Gasteiger partial charge in [0.2, 0.25) is 0 Å². The Labute approximate surface area is 131 Å². The van der Waals surface area contributed by atoms with Crippen LogP contribution in [-0.4, -0.2) is 12.5 Å². The lowest BCUT2D eigenvalue weighted by molar-refractivity contribution is -0.123. The molecule has 1 atom stereocenters. The van der Waals surface area contributed by atoms with Gasteiger partial charge in [-0.25, -0.2) is 4.39 Å². The Hall–Kier alpha value is -1.88. The van der Waals surface area contributed by atoms with Gasteiger partial charge in [-0.05, 0) is 42.8 Å². The zero-order chi connectivity index (χ0) is 15.2. The number of hydrogen-bond donors (Lipinski definition) is 1. The van der Waals surface area contributed by atoms with Crippen molar-refractivity contribution >= 4 is 21.8 Å². The lowest BCUT2D eigenvalue weighted by Gasteiger charge is -2.16. The van der Waals surface area contributed by atoms with Crippen LogP contribution in [0, 0.1) is 5.82 Å². The van der Waals surface area contributed by atoms with E-state index in [9.17, 15) is 9.18 Å². The summed E-state index contributed by atoms with van der Waals surface area (Å²) in [6.45, 7) is 1.79. The van der Waals surface area contributed by atoms with Crippen molar-refractivity contribution in [2.75, 3.05) is 6.61 Å². The molecule has 2 rings (SSSR count). The molecule has 0 radical (unpaired) electrons. The second kappa shape index (κ2) is 7.22. The van der Waals surface area contributed by atoms with Crippen LogP contribution in [0.3, 0.4) is 0 Å². The first-order chi connectivity index (χ1) is 10.1. The van der Waals surface area contributed by atoms with E-state index in [1.807, 2.05) is 31.2 Å². The van der Waals surface area contributed by atoms with Gasteiger partial charge < -0.3 is 10.1 Å². The van der Waals surface area contributed by atoms with Gasteiger partial charge >= 0.3 is 0 Å². The number of halogens is 2. The number of carbonyl (C=O) groups excluding carboxylic acids is 1. The van der Waals surface area contributed by atoms with Crippen LogP contribution in [-0.2, 0) is 4.79 Å². The number of hydrogen-bond acceptors (Lipinski definition) is 2. The quantitative estimate of drug-likeness (QED) is 0.888. The fourth-order valence-electron chi connectivity index (χ4n) is 1.87. The van der Waals surface area contributed by atoms with Gasteiger partial charge in [-0.2, -0.15) is 0 Å². The van der Waals surface area contributed by atoms with Crippen molar-refractivity contribution in [3.63, 3.8) is 0 Å². The highest BCUT2D eigenvalue weighted by molar-refractivity contribution is 9.10. The van der Waals surface area contributed by atoms with Gasteiger partial charge in [0.1, 0.15) is 11.6 Å². The number of rotatable bonds is 5. The molecule has 0 aliphatic carbocycles. The van der Waals surface area contributed by atoms with E-state index in [0.29, 0.717) is 5.75 Å². The normalized spacial score (nSPS) is 11.8. The first kappa shape index (κ1) is 15.5. The van der Waals surface area contributed by atoms with Gasteiger partial charge in [0.15, 0.2) is 6.61 Å². The highest BCUT2D eigenvalue weighted by Gasteiger charge is 2.12. The molecule has 0 saturated carbocycles. The highest BCUT2D eigenvalue weighted by atomic mass is 79.9. The fraction of sp³-hybridized carbons (Fsp3) is 0.188. The molecule has 0 unspecified atom stereocenters. The van der Waals surface area contributed by atoms with Crippen molar-refractivity contribution in [2.24, 2.45) is 0 Å². The first-order valence-electron chi connectivity index (χ1n) is 6.48. The standard InChI is InChI=1S/C16H15BrFNO2/c1-11(14-4-2-3-5-15(14)17)19-16(20)10-21-13-8-6-12(18)7-9-13/h2-9,11H,10H2,1H3,(H,19,20)/t11-/m1/s1. The molecule has 2 aromatic rings. The molecular formula is C16H15BrFNO2. The van der Waals surface area contributed by atoms with E-state index in [1.165, 1.54) is 24.3 Å². The fourth-order valence-corrected chi connectivity index (χ4v) is 2.50. The average Bonchev–Trinajstić information content (AvgIpc) is 2.47. The predicted octanol–water partition coefficient (Wildman–Crippen LogP) is 3.84. The molecule has 0 bridgehead atoms. The van der Waals surface area contributed by atoms with Crippen LogP contribution in [0.25, 0.3) is 0 Å². The lowest BCUT2D eigenvalue weighted by Crippen LogP contribution is -2.31. The van der Waals surface area contributed by atoms with Crippen molar-refractivity contribution in [1.82, 2.24) is 5.32 Å². The molecule has 0 spiro atoms. The van der Waals surface area contributed by atoms with E-state index in [0.717, 1.165) is 10.0 Å². The molecule has 0 aliphatic rings. The second-order valence-corrected chi connectivity index (χ2v) is 5.41. The van der Waals surface area contributed by atoms with Gasteiger partial charge in [-0.3, -0.25) is 4.79 Å². The summed E-state index contributed by atoms with van der Waals surface area (Å²) in [5.74, 6) is -0.114. The highest BCUT2D eigenvalue weighted by Crippen LogP contribution is 2.22. The maximum Gasteiger partial charge on any atom is 0.258 e. The smallest absolute Gasteiger partial charge is 0.258 e. The van der Waals surface area contributed by atoms with E-state index in [2.05, 4.69) is 21.2 Å². The van der Waals surface area contributed by atoms with Crippen LogP contribution in [0.15, 0.2) is 53.0 Å². The molecule has 0 aromatic heterocycles. The van der Waals surface area contributed by atoms with Crippen molar-refractivity contribution in [3.05, 3.63) is 64.4 Å². The first-order valence-corrected chi connectivity index (χ1v) is 7.27. The van der Waals surface area contributed by atoms with Crippen molar-refractivity contribution in [1.29, 1.82) is 0 Å². The number of benzene rings is 2. The molecule has 21 heavy (non-hydrogen) atoms. The minimum absolute atomic E-state index is 0.111. The van der Waals surface area contributed by atoms with Crippen LogP contribution in [0.2, 0.25) is 0 Å². The topological polar surface area (TPSA) is 38.3 Å². The van der Waals surface area contributed by atoms with Gasteiger partial charge in [-0.15, -0.1) is 0 Å². The number of nitrogens with one attached hydrogen (secondary N) is 1. The third-order valence-corrected chi connectivity index (χ3v) is 3.65. The third kappa shape index (κ3) is 4.56. The molecule has 0 fully saturated rings. The van der Waals surface area contributed by atoms with E-state index < -0.39 is 0 Å². The van der Waals surface area contributed by atoms with Crippen LogP contribution in [0.4, 0.5) is 4.39 Å². The summed E-state index contributed by atoms with van der Waals surface area (Å²) in [5, 5.41) is 2.85. The maximum absolute atomic E-state index is 12.7. The molecule has 110 valence electrons. The third-order valence-electron chi connectivity index (χ3n) is 2.93. The minimum atomic E-state index is -0.339. The van der Waals surface area contributed by atoms with Gasteiger partial charge in [-0.1, -0.05) is 34.1 Å². The molecule has 3 nitrogen and oxygen atoms in total. The molecule has 5 heteroatoms. The molecule has 1 N–H and O–H groups in total. The molecular weight excluding hydrogens is 337 g/mol. The second-order valence-electron chi connectivity index (χ2n) is 4.55. The van der Waals surface area contributed by atoms with Crippen molar-refractivity contribution in [3.8, 4) is 5.75 Å². The molecule has 0 saturated heterocycles. The zero-order valence-corrected chi connectivity index (χ0v) is 13.1. The zero-order valence-electron chi connectivity index (χ0n) is 11.5. The molecule has 1 amide bonds. The van der Waals surface area contributed by atoms with Crippen LogP contribution in [0.1, 0.15) is 18.5 Å². The van der Waals surface area contributed by atoms with Crippen LogP contribution in [0.5, 0.6) is 5.75 Å². The van der Waals surface area contributed by atoms with Crippen LogP contribution < -0.4 is 10.1 Å². The summed E-state index contributed by atoms with van der Waals surface area (Å²) in [7, 11) is 0. The number of amides is 1. The van der Waals surface area contributed by atoms with E-state index in [4.69, 9.17) is 4.74 Å². The summed E-state index contributed by atoms with van der Waals surface area (Å²) in [5.41, 5.74) is 0.993. The Morgan fingerprint density at radius 2 is 1.90 bits per heavy atom. The van der Waals surface area contributed by atoms with Gasteiger partial charge in [0.05, 0.1) is 6.04 Å². The summed E-state index contributed by atoms with van der Waals surface area (Å²) in [6.07, 6.45) is 0. The van der Waals surface area contributed by atoms with Gasteiger partial charge in [0, 0.05) is 4.47 Å². The largest absolute Gasteiger partial charge is 0.484 e. The Balaban J connectivity index is 1.87. The summed E-state index contributed by atoms with van der Waals surface area (Å²) in [4.78, 5) is 11.9. The summed E-state index contributed by atoms with van der Waals surface area (Å²) >= 11 is 3.45. The Bertz CT molecular complexity index is 616.